The van der Waals surface area contributed by atoms with Crippen molar-refractivity contribution in [3.05, 3.63) is 23.4 Å². The first kappa shape index (κ1) is 10.2. The van der Waals surface area contributed by atoms with Crippen LogP contribution in [-0.4, -0.2) is 14.8 Å². The zero-order chi connectivity index (χ0) is 10.7. The Morgan fingerprint density at radius 2 is 2.47 bits per heavy atom. The van der Waals surface area contributed by atoms with Crippen molar-refractivity contribution >= 4 is 12.2 Å². The fraction of sp³-hybridized carbons (Fsp3) is 0.400. The van der Waals surface area contributed by atoms with Crippen molar-refractivity contribution in [2.75, 3.05) is 0 Å². The van der Waals surface area contributed by atoms with Gasteiger partial charge in [0.15, 0.2) is 10.6 Å². The molecule has 4 nitrogen and oxygen atoms in total. The number of nitrogens with one attached hydrogen (secondary N) is 1. The van der Waals surface area contributed by atoms with E-state index in [2.05, 4.69) is 17.1 Å². The lowest BCUT2D eigenvalue weighted by atomic mass is 10.3. The predicted octanol–water partition coefficient (Wildman–Crippen LogP) is 3.00. The lowest BCUT2D eigenvalue weighted by molar-refractivity contribution is 0.567. The molecule has 80 valence electrons. The molecule has 0 fully saturated rings. The summed E-state index contributed by atoms with van der Waals surface area (Å²) in [5, 5.41) is 7.01. The number of H-pyrrole nitrogens is 1. The van der Waals surface area contributed by atoms with Crippen LogP contribution in [0.3, 0.4) is 0 Å². The molecule has 2 heterocycles. The second kappa shape index (κ2) is 4.44. The third kappa shape index (κ3) is 2.02. The maximum absolute atomic E-state index is 5.17. The number of aromatic nitrogens is 3. The highest BCUT2D eigenvalue weighted by Crippen LogP contribution is 2.17. The molecular formula is C10H13N3OS. The van der Waals surface area contributed by atoms with E-state index >= 15 is 0 Å². The van der Waals surface area contributed by atoms with Gasteiger partial charge in [0.25, 0.3) is 0 Å². The number of furan rings is 1. The van der Waals surface area contributed by atoms with Gasteiger partial charge in [0.05, 0.1) is 11.8 Å². The van der Waals surface area contributed by atoms with Crippen LogP contribution in [0, 0.1) is 4.77 Å². The summed E-state index contributed by atoms with van der Waals surface area (Å²) in [5.74, 6) is 0.849. The molecule has 0 amide bonds. The van der Waals surface area contributed by atoms with E-state index in [9.17, 15) is 0 Å². The fourth-order valence-electron chi connectivity index (χ4n) is 1.45. The first-order valence-electron chi connectivity index (χ1n) is 5.00. The quantitative estimate of drug-likeness (QED) is 0.810. The minimum Gasteiger partial charge on any atom is -0.472 e. The van der Waals surface area contributed by atoms with Gasteiger partial charge in [-0.3, -0.25) is 5.10 Å². The molecule has 0 unspecified atom stereocenters. The van der Waals surface area contributed by atoms with Crippen molar-refractivity contribution in [1.82, 2.24) is 14.8 Å². The Balaban J connectivity index is 2.36. The van der Waals surface area contributed by atoms with Crippen LogP contribution in [0.15, 0.2) is 23.0 Å². The second-order valence-electron chi connectivity index (χ2n) is 3.37. The van der Waals surface area contributed by atoms with Crippen molar-refractivity contribution in [2.45, 2.75) is 26.3 Å². The molecule has 0 saturated heterocycles. The largest absolute Gasteiger partial charge is 0.472 e. The molecule has 2 aromatic heterocycles. The second-order valence-corrected chi connectivity index (χ2v) is 3.76. The molecular weight excluding hydrogens is 210 g/mol. The van der Waals surface area contributed by atoms with Crippen molar-refractivity contribution in [3.8, 4) is 11.4 Å². The predicted molar refractivity (Wildman–Crippen MR) is 60.0 cm³/mol. The molecule has 0 saturated carbocycles. The summed E-state index contributed by atoms with van der Waals surface area (Å²) in [7, 11) is 0. The molecule has 5 heteroatoms. The summed E-state index contributed by atoms with van der Waals surface area (Å²) in [5.41, 5.74) is 0.957. The SMILES string of the molecule is CCCCn1c(-c2ccoc2)n[nH]c1=S. The highest BCUT2D eigenvalue weighted by molar-refractivity contribution is 7.71. The Labute approximate surface area is 92.9 Å². The van der Waals surface area contributed by atoms with E-state index in [1.165, 1.54) is 0 Å². The molecule has 2 rings (SSSR count). The van der Waals surface area contributed by atoms with Crippen LogP contribution in [-0.2, 0) is 6.54 Å². The van der Waals surface area contributed by atoms with Gasteiger partial charge >= 0.3 is 0 Å². The molecule has 15 heavy (non-hydrogen) atoms. The van der Waals surface area contributed by atoms with Crippen molar-refractivity contribution in [1.29, 1.82) is 0 Å². The van der Waals surface area contributed by atoms with Gasteiger partial charge in [-0.1, -0.05) is 13.3 Å². The third-order valence-electron chi connectivity index (χ3n) is 2.27. The van der Waals surface area contributed by atoms with E-state index in [-0.39, 0.29) is 0 Å². The van der Waals surface area contributed by atoms with Crippen LogP contribution in [0.2, 0.25) is 0 Å². The highest BCUT2D eigenvalue weighted by atomic mass is 32.1. The van der Waals surface area contributed by atoms with E-state index in [0.717, 1.165) is 30.8 Å². The lowest BCUT2D eigenvalue weighted by Gasteiger charge is -2.03. The minimum atomic E-state index is 0.666. The van der Waals surface area contributed by atoms with E-state index < -0.39 is 0 Å². The normalized spacial score (nSPS) is 10.7. The number of aromatic amines is 1. The zero-order valence-electron chi connectivity index (χ0n) is 8.56. The number of rotatable bonds is 4. The molecule has 0 aliphatic heterocycles. The molecule has 1 N–H and O–H groups in total. The lowest BCUT2D eigenvalue weighted by Crippen LogP contribution is -2.00. The number of nitrogens with zero attached hydrogens (tertiary/aromatic N) is 2. The molecule has 0 spiro atoms. The minimum absolute atomic E-state index is 0.666. The maximum Gasteiger partial charge on any atom is 0.195 e. The Morgan fingerprint density at radius 3 is 3.13 bits per heavy atom. The van der Waals surface area contributed by atoms with Crippen molar-refractivity contribution in [3.63, 3.8) is 0 Å². The smallest absolute Gasteiger partial charge is 0.195 e. The van der Waals surface area contributed by atoms with Crippen molar-refractivity contribution < 1.29 is 4.42 Å². The summed E-state index contributed by atoms with van der Waals surface area (Å²) in [6.07, 6.45) is 5.54. The molecule has 0 bridgehead atoms. The van der Waals surface area contributed by atoms with Gasteiger partial charge in [-0.05, 0) is 24.7 Å². The Kier molecular flexibility index (Phi) is 3.01. The molecule has 2 aromatic rings. The fourth-order valence-corrected chi connectivity index (χ4v) is 1.68. The number of hydrogen-bond donors (Lipinski definition) is 1. The van der Waals surface area contributed by atoms with Crippen LogP contribution in [0.1, 0.15) is 19.8 Å². The van der Waals surface area contributed by atoms with E-state index in [1.54, 1.807) is 12.5 Å². The van der Waals surface area contributed by atoms with Gasteiger partial charge in [-0.15, -0.1) is 0 Å². The summed E-state index contributed by atoms with van der Waals surface area (Å²) in [6.45, 7) is 3.05. The molecule has 0 atom stereocenters. The Bertz CT molecular complexity index is 469. The van der Waals surface area contributed by atoms with E-state index in [0.29, 0.717) is 4.77 Å². The van der Waals surface area contributed by atoms with Crippen LogP contribution in [0.25, 0.3) is 11.4 Å². The third-order valence-corrected chi connectivity index (χ3v) is 2.58. The van der Waals surface area contributed by atoms with Crippen LogP contribution in [0.5, 0.6) is 0 Å². The van der Waals surface area contributed by atoms with E-state index in [4.69, 9.17) is 16.6 Å². The first-order valence-corrected chi connectivity index (χ1v) is 5.41. The average Bonchev–Trinajstić information content (AvgIpc) is 2.84. The van der Waals surface area contributed by atoms with Gasteiger partial charge in [-0.25, -0.2) is 0 Å². The number of unbranched alkanes of at least 4 members (excludes halogenated alkanes) is 1. The Morgan fingerprint density at radius 1 is 1.60 bits per heavy atom. The van der Waals surface area contributed by atoms with Crippen LogP contribution >= 0.6 is 12.2 Å². The summed E-state index contributed by atoms with van der Waals surface area (Å²) in [6, 6.07) is 1.88. The van der Waals surface area contributed by atoms with E-state index in [1.807, 2.05) is 10.6 Å². The monoisotopic (exact) mass is 223 g/mol. The van der Waals surface area contributed by atoms with Gasteiger partial charge in [0.2, 0.25) is 0 Å². The molecule has 0 aliphatic rings. The summed E-state index contributed by atoms with van der Waals surface area (Å²) < 4.78 is 7.71. The van der Waals surface area contributed by atoms with Gasteiger partial charge < -0.3 is 8.98 Å². The van der Waals surface area contributed by atoms with Crippen LogP contribution in [0.4, 0.5) is 0 Å². The molecule has 0 aliphatic carbocycles. The van der Waals surface area contributed by atoms with Gasteiger partial charge in [-0.2, -0.15) is 5.10 Å². The van der Waals surface area contributed by atoms with Crippen molar-refractivity contribution in [2.24, 2.45) is 0 Å². The maximum atomic E-state index is 5.17. The Hall–Kier alpha value is -1.36. The van der Waals surface area contributed by atoms with Gasteiger partial charge in [0.1, 0.15) is 6.26 Å². The molecule has 0 radical (unpaired) electrons. The first-order chi connectivity index (χ1) is 7.33. The average molecular weight is 223 g/mol. The van der Waals surface area contributed by atoms with Crippen LogP contribution < -0.4 is 0 Å². The topological polar surface area (TPSA) is 46.8 Å². The summed E-state index contributed by atoms with van der Waals surface area (Å²) >= 11 is 5.17. The zero-order valence-corrected chi connectivity index (χ0v) is 9.38. The molecule has 0 aromatic carbocycles. The summed E-state index contributed by atoms with van der Waals surface area (Å²) in [4.78, 5) is 0. The number of hydrogen-bond acceptors (Lipinski definition) is 3. The highest BCUT2D eigenvalue weighted by Gasteiger charge is 2.08. The standard InChI is InChI=1S/C10H13N3OS/c1-2-3-5-13-9(11-12-10(13)15)8-4-6-14-7-8/h4,6-7H,2-3,5H2,1H3,(H,12,15). The van der Waals surface area contributed by atoms with Gasteiger partial charge in [0, 0.05) is 6.54 Å².